The van der Waals surface area contributed by atoms with Crippen molar-refractivity contribution in [3.63, 3.8) is 0 Å². The molecular formula is C48H32N2S. The maximum atomic E-state index is 5.24. The van der Waals surface area contributed by atoms with Gasteiger partial charge in [0.2, 0.25) is 0 Å². The van der Waals surface area contributed by atoms with E-state index in [0.29, 0.717) is 0 Å². The van der Waals surface area contributed by atoms with Gasteiger partial charge in [0.05, 0.1) is 11.4 Å². The van der Waals surface area contributed by atoms with Crippen LogP contribution in [0.25, 0.3) is 76.3 Å². The third-order valence-electron chi connectivity index (χ3n) is 10.6. The molecule has 0 saturated carbocycles. The fraction of sp³-hybridized carbons (Fsp3) is 0.0417. The number of benzene rings is 7. The van der Waals surface area contributed by atoms with Gasteiger partial charge in [-0.25, -0.2) is 9.97 Å². The molecule has 0 unspecified atom stereocenters. The van der Waals surface area contributed by atoms with E-state index in [4.69, 9.17) is 9.97 Å². The Labute approximate surface area is 301 Å². The van der Waals surface area contributed by atoms with Crippen LogP contribution in [0, 0.1) is 0 Å². The maximum absolute atomic E-state index is 5.24. The van der Waals surface area contributed by atoms with Crippen molar-refractivity contribution >= 4 is 31.5 Å². The minimum Gasteiger partial charge on any atom is -0.228 e. The van der Waals surface area contributed by atoms with Crippen LogP contribution in [-0.2, 0) is 5.41 Å². The summed E-state index contributed by atoms with van der Waals surface area (Å²) in [4.78, 5) is 10.5. The second-order valence-corrected chi connectivity index (χ2v) is 14.5. The highest BCUT2D eigenvalue weighted by molar-refractivity contribution is 7.26. The molecule has 2 heterocycles. The normalized spacial score (nSPS) is 13.0. The van der Waals surface area contributed by atoms with Gasteiger partial charge in [0.1, 0.15) is 0 Å². The van der Waals surface area contributed by atoms with Crippen molar-refractivity contribution in [2.24, 2.45) is 0 Å². The maximum Gasteiger partial charge on any atom is 0.160 e. The van der Waals surface area contributed by atoms with Crippen molar-refractivity contribution in [3.8, 4) is 56.2 Å². The molecular weight excluding hydrogens is 637 g/mol. The standard InChI is InChI=1S/C48H32N2S/c1-48(41-23-10-7-17-35(41)36-18-8-11-24-42(36)48)33-28-26-31(27-29-33)34-16-5-6-19-37(34)43-30-44(50-47(49-43)32-14-3-2-4-15-32)40-22-13-21-39-38-20-9-12-25-45(38)51-46(39)40/h2-30H,1H3. The van der Waals surface area contributed by atoms with E-state index in [-0.39, 0.29) is 5.41 Å². The summed E-state index contributed by atoms with van der Waals surface area (Å²) in [6.45, 7) is 2.37. The monoisotopic (exact) mass is 668 g/mol. The topological polar surface area (TPSA) is 25.8 Å². The molecule has 1 aliphatic rings. The number of rotatable bonds is 5. The van der Waals surface area contributed by atoms with Gasteiger partial charge in [-0.2, -0.15) is 0 Å². The van der Waals surface area contributed by atoms with Gasteiger partial charge in [-0.3, -0.25) is 0 Å². The van der Waals surface area contributed by atoms with Crippen molar-refractivity contribution in [2.75, 3.05) is 0 Å². The Morgan fingerprint density at radius 2 is 0.980 bits per heavy atom. The van der Waals surface area contributed by atoms with E-state index in [2.05, 4.69) is 177 Å². The first-order chi connectivity index (χ1) is 25.2. The van der Waals surface area contributed by atoms with E-state index in [9.17, 15) is 0 Å². The van der Waals surface area contributed by atoms with Gasteiger partial charge >= 0.3 is 0 Å². The molecule has 10 rings (SSSR count). The number of thiophene rings is 1. The molecule has 3 heteroatoms. The number of fused-ring (bicyclic) bond motifs is 6. The van der Waals surface area contributed by atoms with Crippen LogP contribution in [0.15, 0.2) is 176 Å². The zero-order chi connectivity index (χ0) is 33.9. The lowest BCUT2D eigenvalue weighted by atomic mass is 9.74. The molecule has 2 nitrogen and oxygen atoms in total. The number of hydrogen-bond acceptors (Lipinski definition) is 3. The summed E-state index contributed by atoms with van der Waals surface area (Å²) < 4.78 is 2.53. The molecule has 0 radical (unpaired) electrons. The number of hydrogen-bond donors (Lipinski definition) is 0. The highest BCUT2D eigenvalue weighted by Crippen LogP contribution is 2.52. The Balaban J connectivity index is 1.12. The third kappa shape index (κ3) is 4.70. The average molecular weight is 669 g/mol. The summed E-state index contributed by atoms with van der Waals surface area (Å²) >= 11 is 1.83. The number of aromatic nitrogens is 2. The molecule has 0 aliphatic heterocycles. The Bertz CT molecular complexity index is 2710. The molecule has 0 atom stereocenters. The lowest BCUT2D eigenvalue weighted by molar-refractivity contribution is 0.714. The second kappa shape index (κ2) is 11.7. The Morgan fingerprint density at radius 3 is 1.71 bits per heavy atom. The lowest BCUT2D eigenvalue weighted by Gasteiger charge is -2.28. The summed E-state index contributed by atoms with van der Waals surface area (Å²) in [6, 6.07) is 63.2. The van der Waals surface area contributed by atoms with E-state index < -0.39 is 0 Å². The van der Waals surface area contributed by atoms with Crippen molar-refractivity contribution in [3.05, 3.63) is 193 Å². The molecule has 51 heavy (non-hydrogen) atoms. The molecule has 0 spiro atoms. The fourth-order valence-electron chi connectivity index (χ4n) is 8.09. The van der Waals surface area contributed by atoms with Gasteiger partial charge in [0, 0.05) is 42.3 Å². The highest BCUT2D eigenvalue weighted by Gasteiger charge is 2.40. The van der Waals surface area contributed by atoms with Crippen molar-refractivity contribution < 1.29 is 0 Å². The summed E-state index contributed by atoms with van der Waals surface area (Å²) in [5.41, 5.74) is 13.7. The third-order valence-corrected chi connectivity index (χ3v) is 11.9. The van der Waals surface area contributed by atoms with Crippen LogP contribution in [0.3, 0.4) is 0 Å². The van der Waals surface area contributed by atoms with Crippen LogP contribution >= 0.6 is 11.3 Å². The summed E-state index contributed by atoms with van der Waals surface area (Å²) in [6.07, 6.45) is 0. The van der Waals surface area contributed by atoms with E-state index in [1.54, 1.807) is 0 Å². The number of nitrogens with zero attached hydrogens (tertiary/aromatic N) is 2. The van der Waals surface area contributed by atoms with Gasteiger partial charge in [-0.05, 0) is 58.0 Å². The highest BCUT2D eigenvalue weighted by atomic mass is 32.1. The summed E-state index contributed by atoms with van der Waals surface area (Å²) in [7, 11) is 0. The zero-order valence-corrected chi connectivity index (χ0v) is 28.9. The predicted octanol–water partition coefficient (Wildman–Crippen LogP) is 12.8. The minimum absolute atomic E-state index is 0.231. The molecule has 0 N–H and O–H groups in total. The van der Waals surface area contributed by atoms with E-state index in [1.807, 2.05) is 17.4 Å². The molecule has 2 aromatic heterocycles. The van der Waals surface area contributed by atoms with Gasteiger partial charge < -0.3 is 0 Å². The van der Waals surface area contributed by atoms with E-state index in [0.717, 1.165) is 45.0 Å². The molecule has 1 aliphatic carbocycles. The van der Waals surface area contributed by atoms with Crippen LogP contribution in [0.2, 0.25) is 0 Å². The molecule has 0 bridgehead atoms. The molecule has 0 fully saturated rings. The largest absolute Gasteiger partial charge is 0.228 e. The summed E-state index contributed by atoms with van der Waals surface area (Å²) in [5, 5.41) is 2.54. The Morgan fingerprint density at radius 1 is 0.431 bits per heavy atom. The van der Waals surface area contributed by atoms with Gasteiger partial charge in [-0.1, -0.05) is 164 Å². The minimum atomic E-state index is -0.231. The molecule has 0 saturated heterocycles. The quantitative estimate of drug-likeness (QED) is 0.182. The van der Waals surface area contributed by atoms with Crippen molar-refractivity contribution in [1.29, 1.82) is 0 Å². The van der Waals surface area contributed by atoms with Crippen LogP contribution < -0.4 is 0 Å². The zero-order valence-electron chi connectivity index (χ0n) is 28.0. The van der Waals surface area contributed by atoms with Crippen molar-refractivity contribution in [2.45, 2.75) is 12.3 Å². The lowest BCUT2D eigenvalue weighted by Crippen LogP contribution is -2.22. The molecule has 240 valence electrons. The average Bonchev–Trinajstić information content (AvgIpc) is 3.72. The molecule has 9 aromatic rings. The molecule has 7 aromatic carbocycles. The Kier molecular flexibility index (Phi) is 6.83. The second-order valence-electron chi connectivity index (χ2n) is 13.4. The van der Waals surface area contributed by atoms with Gasteiger partial charge in [0.25, 0.3) is 0 Å². The van der Waals surface area contributed by atoms with E-state index >= 15 is 0 Å². The first kappa shape index (κ1) is 29.7. The SMILES string of the molecule is CC1(c2ccc(-c3ccccc3-c3cc(-c4cccc5c4sc4ccccc45)nc(-c4ccccc4)n3)cc2)c2ccccc2-c2ccccc21. The van der Waals surface area contributed by atoms with Crippen LogP contribution in [-0.4, -0.2) is 9.97 Å². The summed E-state index contributed by atoms with van der Waals surface area (Å²) in [5.74, 6) is 0.720. The Hall–Kier alpha value is -6.16. The fourth-order valence-corrected chi connectivity index (χ4v) is 9.32. The van der Waals surface area contributed by atoms with Crippen molar-refractivity contribution in [1.82, 2.24) is 9.97 Å². The first-order valence-electron chi connectivity index (χ1n) is 17.4. The van der Waals surface area contributed by atoms with Crippen LogP contribution in [0.1, 0.15) is 23.6 Å². The van der Waals surface area contributed by atoms with Gasteiger partial charge in [-0.15, -0.1) is 11.3 Å². The first-order valence-corrected chi connectivity index (χ1v) is 18.2. The van der Waals surface area contributed by atoms with Gasteiger partial charge in [0.15, 0.2) is 5.82 Å². The van der Waals surface area contributed by atoms with Crippen LogP contribution in [0.4, 0.5) is 0 Å². The smallest absolute Gasteiger partial charge is 0.160 e. The molecule has 0 amide bonds. The van der Waals surface area contributed by atoms with Crippen LogP contribution in [0.5, 0.6) is 0 Å². The van der Waals surface area contributed by atoms with E-state index in [1.165, 1.54) is 48.0 Å². The predicted molar refractivity (Wildman–Crippen MR) is 214 cm³/mol.